The summed E-state index contributed by atoms with van der Waals surface area (Å²) in [6.45, 7) is 31.0. The molecule has 1 spiro atoms. The molecule has 0 aromatic heterocycles. The van der Waals surface area contributed by atoms with Crippen molar-refractivity contribution in [2.75, 3.05) is 13.2 Å². The van der Waals surface area contributed by atoms with Crippen molar-refractivity contribution in [1.82, 2.24) is 0 Å². The molecule has 0 amide bonds. The summed E-state index contributed by atoms with van der Waals surface area (Å²) in [6, 6.07) is 0. The Morgan fingerprint density at radius 3 is 1.20 bits per heavy atom. The molecule has 8 nitrogen and oxygen atoms in total. The molecule has 0 aromatic rings. The normalized spacial score (nSPS) is 57.1. The molecule has 1 heterocycles. The average molecular weight is 1290 g/mol. The third kappa shape index (κ3) is 12.0. The minimum Gasteiger partial charge on any atom is -0.390 e. The lowest BCUT2D eigenvalue weighted by atomic mass is 9.47. The summed E-state index contributed by atoms with van der Waals surface area (Å²) in [7, 11) is 0. The van der Waals surface area contributed by atoms with Gasteiger partial charge >= 0.3 is 0 Å². The zero-order chi connectivity index (χ0) is 65.9. The summed E-state index contributed by atoms with van der Waals surface area (Å²) in [4.78, 5) is 24.4. The number of hydrogen-bond acceptors (Lipinski definition) is 8. The van der Waals surface area contributed by atoms with Crippen molar-refractivity contribution in [2.24, 2.45) is 170 Å². The van der Waals surface area contributed by atoms with Gasteiger partial charge in [-0.1, -0.05) is 60.1 Å². The van der Waals surface area contributed by atoms with Crippen molar-refractivity contribution < 1.29 is 39.5 Å². The number of hydrogen-bond donors (Lipinski definition) is 4. The Kier molecular flexibility index (Phi) is 18.6. The van der Waals surface area contributed by atoms with Gasteiger partial charge in [0, 0.05) is 29.6 Å². The van der Waals surface area contributed by atoms with E-state index in [-0.39, 0.29) is 16.6 Å². The summed E-state index contributed by atoms with van der Waals surface area (Å²) in [5.41, 5.74) is 0.836. The van der Waals surface area contributed by atoms with Gasteiger partial charge in [0.15, 0.2) is 5.79 Å². The number of ether oxygens (including phenoxy) is 2. The third-order valence-corrected chi connectivity index (χ3v) is 35.2. The second-order valence-electron chi connectivity index (χ2n) is 40.1. The SMILES string of the molecule is C/C=C1/CC[C@H]2[C@@H]3C[C@@H](C)[C@H]4CC(C)(O)CC[C@@H]4[C@H]3CC[C@]12C.CC(=O)[C@H]1CC[C@H]2[C@@H]3C[C@@H](C)[C@H]4C[C@](C)(O)CC[C@@H]4[C@H]3CC[C@@H]21.C[C@@H]1C[C@@H]2[C@H](CC[C@@]3(C)[C@H]2CCC32OCCO2)[C@H]2CCC(C)(O)C[C@@H]21.C[C@@H]1C[C@@H]2[C@H](CC[C@]3(C)C(=O)CC[C@@H]23)[C@H]2CCC(C)(O)C[C@@H]21. The van der Waals surface area contributed by atoms with Crippen LogP contribution in [0.3, 0.4) is 0 Å². The lowest BCUT2D eigenvalue weighted by molar-refractivity contribution is -0.245. The smallest absolute Gasteiger partial charge is 0.174 e. The molecule has 33 atom stereocenters. The van der Waals surface area contributed by atoms with Crippen LogP contribution in [0.1, 0.15) is 295 Å². The van der Waals surface area contributed by atoms with Crippen LogP contribution in [-0.4, -0.2) is 73.4 Å². The molecule has 0 radical (unpaired) electrons. The zero-order valence-corrected chi connectivity index (χ0v) is 61.6. The molecule has 17 aliphatic rings. The van der Waals surface area contributed by atoms with Gasteiger partial charge in [0.25, 0.3) is 0 Å². The van der Waals surface area contributed by atoms with Gasteiger partial charge in [-0.05, 0) is 388 Å². The fourth-order valence-electron chi connectivity index (χ4n) is 30.7. The molecule has 1 aliphatic heterocycles. The Hall–Kier alpha value is -1.16. The summed E-state index contributed by atoms with van der Waals surface area (Å²) in [6.07, 6.45) is 41.1. The summed E-state index contributed by atoms with van der Waals surface area (Å²) >= 11 is 0. The molecule has 93 heavy (non-hydrogen) atoms. The monoisotopic (exact) mass is 1290 g/mol. The second kappa shape index (κ2) is 25.1. The van der Waals surface area contributed by atoms with Crippen LogP contribution in [0.4, 0.5) is 0 Å². The zero-order valence-electron chi connectivity index (χ0n) is 61.6. The van der Waals surface area contributed by atoms with E-state index in [9.17, 15) is 30.0 Å². The van der Waals surface area contributed by atoms with E-state index in [1.165, 1.54) is 122 Å². The fraction of sp³-hybridized carbons (Fsp3) is 0.953. The molecule has 3 unspecified atom stereocenters. The molecular weight excluding hydrogens is 1150 g/mol. The highest BCUT2D eigenvalue weighted by Crippen LogP contribution is 2.70. The molecule has 17 fully saturated rings. The van der Waals surface area contributed by atoms with Crippen molar-refractivity contribution >= 4 is 11.6 Å². The minimum atomic E-state index is -0.436. The van der Waals surface area contributed by atoms with Crippen molar-refractivity contribution in [3.63, 3.8) is 0 Å². The molecule has 0 aromatic carbocycles. The van der Waals surface area contributed by atoms with Gasteiger partial charge in [-0.2, -0.15) is 0 Å². The first-order valence-corrected chi connectivity index (χ1v) is 40.8. The number of rotatable bonds is 1. The first kappa shape index (κ1) is 68.9. The highest BCUT2D eigenvalue weighted by atomic mass is 16.7. The summed E-state index contributed by atoms with van der Waals surface area (Å²) in [5, 5.41) is 42.2. The average Bonchev–Trinajstić information content (AvgIpc) is 1.56. The van der Waals surface area contributed by atoms with E-state index in [4.69, 9.17) is 9.47 Å². The minimum absolute atomic E-state index is 0.00782. The Bertz CT molecular complexity index is 2730. The standard InChI is InChI=1S/C22H36O3.C22H36O.C21H34O2.C20H32O2/c1-14-12-17-15(16-4-7-20(2,23)13-18(14)16)5-8-21(3)19(17)6-9-22(21)24-10-11-25-22;1-5-15-6-7-20-18-12-14(2)19-13-21(3,23)10-8-17(19)16(18)9-11-22(15,20)4;1-12-10-19-16-5-4-14(13(2)22)15(16)6-7-17(19)18-8-9-21(3,23)11-20(12)18;1-12-10-15-13(14-6-8-19(2,22)11-16(12)14)7-9-20(3)17(15)4-5-18(20)21/h14-19,23H,4-13H2,1-3H3;5,14,16-20,23H,6-13H2,1-4H3;12,14-20,23H,4-11H2,1-3H3;12-17,22H,4-11H2,1-3H3/b;15-5-;;/t14-,15-,16-,17-,18-,19+,20?,21+;14-,16-,17-,18-,19-,20+,21?,22-;12-,14-,15-,16-,17-,18-,19+,20-,21-;12-,13-,14-,15-,16-,17+,19?,20+/m1111/s1. The van der Waals surface area contributed by atoms with Crippen LogP contribution >= 0.6 is 0 Å². The topological polar surface area (TPSA) is 134 Å². The third-order valence-electron chi connectivity index (χ3n) is 35.2. The van der Waals surface area contributed by atoms with Gasteiger partial charge in [-0.25, -0.2) is 0 Å². The maximum atomic E-state index is 12.4. The Balaban J connectivity index is 0.000000108. The van der Waals surface area contributed by atoms with E-state index in [0.29, 0.717) is 40.7 Å². The van der Waals surface area contributed by atoms with Gasteiger partial charge in [-0.15, -0.1) is 0 Å². The van der Waals surface area contributed by atoms with E-state index in [1.54, 1.807) is 5.57 Å². The number of fused-ring (bicyclic) bond motifs is 21. The van der Waals surface area contributed by atoms with Gasteiger partial charge in [0.05, 0.1) is 35.6 Å². The van der Waals surface area contributed by atoms with Crippen molar-refractivity contribution in [1.29, 1.82) is 0 Å². The van der Waals surface area contributed by atoms with E-state index in [0.717, 1.165) is 227 Å². The number of ketones is 2. The maximum Gasteiger partial charge on any atom is 0.174 e. The van der Waals surface area contributed by atoms with Gasteiger partial charge in [-0.3, -0.25) is 9.59 Å². The molecule has 4 N–H and O–H groups in total. The quantitative estimate of drug-likeness (QED) is 0.191. The van der Waals surface area contributed by atoms with Crippen LogP contribution in [0, 0.1) is 170 Å². The largest absolute Gasteiger partial charge is 0.390 e. The lowest BCUT2D eigenvalue weighted by Crippen LogP contribution is -2.56. The molecule has 16 saturated carbocycles. The maximum absolute atomic E-state index is 12.4. The van der Waals surface area contributed by atoms with Crippen LogP contribution in [-0.2, 0) is 19.1 Å². The first-order chi connectivity index (χ1) is 43.9. The van der Waals surface area contributed by atoms with Crippen LogP contribution in [0.15, 0.2) is 11.6 Å². The molecule has 0 bridgehead atoms. The van der Waals surface area contributed by atoms with Crippen LogP contribution in [0.2, 0.25) is 0 Å². The number of Topliss-reactive ketones (excluding diaryl/α,β-unsaturated/α-hetero) is 2. The van der Waals surface area contributed by atoms with Crippen LogP contribution < -0.4 is 0 Å². The highest BCUT2D eigenvalue weighted by Gasteiger charge is 2.67. The Labute approximate surface area is 566 Å². The van der Waals surface area contributed by atoms with E-state index >= 15 is 0 Å². The van der Waals surface area contributed by atoms with Crippen molar-refractivity contribution in [3.8, 4) is 0 Å². The van der Waals surface area contributed by atoms with Crippen molar-refractivity contribution in [3.05, 3.63) is 11.6 Å². The number of allylic oxidation sites excluding steroid dienone is 2. The predicted octanol–water partition coefficient (Wildman–Crippen LogP) is 18.6. The van der Waals surface area contributed by atoms with Gasteiger partial charge in [0.1, 0.15) is 11.6 Å². The predicted molar refractivity (Wildman–Crippen MR) is 372 cm³/mol. The summed E-state index contributed by atoms with van der Waals surface area (Å²) in [5.74, 6) is 21.5. The van der Waals surface area contributed by atoms with Crippen LogP contribution in [0.5, 0.6) is 0 Å². The Morgan fingerprint density at radius 2 is 0.742 bits per heavy atom. The summed E-state index contributed by atoms with van der Waals surface area (Å²) < 4.78 is 12.5. The Morgan fingerprint density at radius 1 is 0.387 bits per heavy atom. The molecule has 16 aliphatic carbocycles. The molecular formula is C85H138O8. The highest BCUT2D eigenvalue weighted by molar-refractivity contribution is 5.87. The number of aliphatic hydroxyl groups is 4. The molecule has 8 heteroatoms. The molecule has 17 rings (SSSR count). The van der Waals surface area contributed by atoms with Crippen LogP contribution in [0.25, 0.3) is 0 Å². The van der Waals surface area contributed by atoms with E-state index < -0.39 is 22.4 Å². The lowest BCUT2D eigenvalue weighted by Gasteiger charge is -2.59. The molecule has 526 valence electrons. The number of carbonyl (C=O) groups is 2. The molecule has 1 saturated heterocycles. The number of carbonyl (C=O) groups excluding carboxylic acids is 2. The fourth-order valence-corrected chi connectivity index (χ4v) is 30.7. The van der Waals surface area contributed by atoms with Gasteiger partial charge in [0.2, 0.25) is 0 Å². The van der Waals surface area contributed by atoms with Crippen molar-refractivity contribution in [2.45, 2.75) is 324 Å². The second-order valence-corrected chi connectivity index (χ2v) is 40.1. The van der Waals surface area contributed by atoms with E-state index in [2.05, 4.69) is 75.3 Å². The first-order valence-electron chi connectivity index (χ1n) is 40.8. The van der Waals surface area contributed by atoms with E-state index in [1.807, 2.05) is 20.8 Å². The van der Waals surface area contributed by atoms with Gasteiger partial charge < -0.3 is 29.9 Å².